The van der Waals surface area contributed by atoms with Crippen LogP contribution in [0.4, 0.5) is 13.2 Å². The second-order valence-electron chi connectivity index (χ2n) is 5.57. The van der Waals surface area contributed by atoms with Gasteiger partial charge in [0.05, 0.1) is 17.4 Å². The topological polar surface area (TPSA) is 69.6 Å². The fraction of sp³-hybridized carbons (Fsp3) is 0.176. The van der Waals surface area contributed by atoms with Crippen LogP contribution >= 0.6 is 0 Å². The quantitative estimate of drug-likeness (QED) is 0.552. The minimum Gasteiger partial charge on any atom is -0.451 e. The van der Waals surface area contributed by atoms with Crippen molar-refractivity contribution in [3.05, 3.63) is 54.5 Å². The number of pyridine rings is 2. The van der Waals surface area contributed by atoms with E-state index in [0.29, 0.717) is 17.2 Å². The van der Waals surface area contributed by atoms with Crippen LogP contribution < -0.4 is 0 Å². The summed E-state index contributed by atoms with van der Waals surface area (Å²) in [6.07, 6.45) is 1.30. The Morgan fingerprint density at radius 2 is 1.96 bits per heavy atom. The lowest BCUT2D eigenvalue weighted by molar-refractivity contribution is -0.137. The standard InChI is InChI=1S/C17H12F3N5O/c1-2-11-3-4-12(7-21-11)25-15-13(5-10(6-22-15)17(18,19)20)24-16(25)14-8-26-9-23-14/h3-9H,2H2,1H3. The molecule has 0 bridgehead atoms. The maximum Gasteiger partial charge on any atom is 0.417 e. The van der Waals surface area contributed by atoms with Gasteiger partial charge in [-0.2, -0.15) is 13.2 Å². The number of rotatable bonds is 3. The zero-order chi connectivity index (χ0) is 18.3. The zero-order valence-corrected chi connectivity index (χ0v) is 13.5. The summed E-state index contributed by atoms with van der Waals surface area (Å²) in [5.74, 6) is 0.326. The molecule has 0 radical (unpaired) electrons. The lowest BCUT2D eigenvalue weighted by Gasteiger charge is -2.08. The Balaban J connectivity index is 1.97. The van der Waals surface area contributed by atoms with Crippen molar-refractivity contribution < 1.29 is 17.6 Å². The van der Waals surface area contributed by atoms with Gasteiger partial charge in [-0.1, -0.05) is 6.92 Å². The first-order valence-corrected chi connectivity index (χ1v) is 7.77. The number of hydrogen-bond donors (Lipinski definition) is 0. The largest absolute Gasteiger partial charge is 0.451 e. The van der Waals surface area contributed by atoms with Crippen LogP contribution in [0, 0.1) is 0 Å². The third kappa shape index (κ3) is 2.71. The van der Waals surface area contributed by atoms with Gasteiger partial charge < -0.3 is 4.42 Å². The number of hydrogen-bond acceptors (Lipinski definition) is 5. The molecule has 4 aromatic rings. The average Bonchev–Trinajstić information content (AvgIpc) is 3.28. The Morgan fingerprint density at radius 1 is 1.12 bits per heavy atom. The zero-order valence-electron chi connectivity index (χ0n) is 13.5. The number of aryl methyl sites for hydroxylation is 1. The maximum absolute atomic E-state index is 13.0. The molecule has 0 saturated carbocycles. The highest BCUT2D eigenvalue weighted by Crippen LogP contribution is 2.32. The van der Waals surface area contributed by atoms with Gasteiger partial charge in [0.25, 0.3) is 0 Å². The third-order valence-corrected chi connectivity index (χ3v) is 3.92. The smallest absolute Gasteiger partial charge is 0.417 e. The molecule has 4 rings (SSSR count). The van der Waals surface area contributed by atoms with Gasteiger partial charge in [0.2, 0.25) is 0 Å². The number of aromatic nitrogens is 5. The van der Waals surface area contributed by atoms with Crippen LogP contribution in [0.5, 0.6) is 0 Å². The molecule has 6 nitrogen and oxygen atoms in total. The van der Waals surface area contributed by atoms with Crippen LogP contribution in [0.2, 0.25) is 0 Å². The van der Waals surface area contributed by atoms with E-state index in [2.05, 4.69) is 19.9 Å². The summed E-state index contributed by atoms with van der Waals surface area (Å²) in [5, 5.41) is 0. The molecule has 0 aromatic carbocycles. The van der Waals surface area contributed by atoms with Crippen molar-refractivity contribution in [2.45, 2.75) is 19.5 Å². The van der Waals surface area contributed by atoms with E-state index in [4.69, 9.17) is 4.42 Å². The molecule has 0 atom stereocenters. The summed E-state index contributed by atoms with van der Waals surface area (Å²) in [6.45, 7) is 1.98. The van der Waals surface area contributed by atoms with E-state index in [1.807, 2.05) is 19.1 Å². The molecule has 0 saturated heterocycles. The van der Waals surface area contributed by atoms with E-state index in [-0.39, 0.29) is 11.2 Å². The molecular weight excluding hydrogens is 347 g/mol. The maximum atomic E-state index is 13.0. The number of fused-ring (bicyclic) bond motifs is 1. The summed E-state index contributed by atoms with van der Waals surface area (Å²) in [7, 11) is 0. The highest BCUT2D eigenvalue weighted by atomic mass is 19.4. The summed E-state index contributed by atoms with van der Waals surface area (Å²) in [5.41, 5.74) is 1.43. The van der Waals surface area contributed by atoms with Crippen LogP contribution in [-0.4, -0.2) is 24.5 Å². The minimum atomic E-state index is -4.50. The Kier molecular flexibility index (Phi) is 3.71. The molecule has 26 heavy (non-hydrogen) atoms. The van der Waals surface area contributed by atoms with Crippen LogP contribution in [0.3, 0.4) is 0 Å². The van der Waals surface area contributed by atoms with Gasteiger partial charge in [-0.25, -0.2) is 15.0 Å². The minimum absolute atomic E-state index is 0.109. The number of alkyl halides is 3. The monoisotopic (exact) mass is 359 g/mol. The molecule has 9 heteroatoms. The molecule has 0 fully saturated rings. The molecule has 0 N–H and O–H groups in total. The van der Waals surface area contributed by atoms with Crippen molar-refractivity contribution in [1.82, 2.24) is 24.5 Å². The Labute approximate surface area is 145 Å². The fourth-order valence-corrected chi connectivity index (χ4v) is 2.62. The summed E-state index contributed by atoms with van der Waals surface area (Å²) >= 11 is 0. The van der Waals surface area contributed by atoms with Gasteiger partial charge in [-0.05, 0) is 24.6 Å². The van der Waals surface area contributed by atoms with Gasteiger partial charge in [0, 0.05) is 11.9 Å². The molecular formula is C17H12F3N5O. The normalized spacial score (nSPS) is 12.0. The summed E-state index contributed by atoms with van der Waals surface area (Å²) in [6, 6.07) is 4.63. The van der Waals surface area contributed by atoms with E-state index < -0.39 is 11.7 Å². The molecule has 4 heterocycles. The number of oxazole rings is 1. The van der Waals surface area contributed by atoms with Crippen LogP contribution in [0.15, 0.2) is 47.7 Å². The molecule has 132 valence electrons. The first kappa shape index (κ1) is 16.2. The van der Waals surface area contributed by atoms with E-state index in [0.717, 1.165) is 24.4 Å². The highest BCUT2D eigenvalue weighted by Gasteiger charge is 2.32. The van der Waals surface area contributed by atoms with Crippen LogP contribution in [0.25, 0.3) is 28.4 Å². The van der Waals surface area contributed by atoms with E-state index in [9.17, 15) is 13.2 Å². The van der Waals surface area contributed by atoms with Crippen molar-refractivity contribution in [3.8, 4) is 17.2 Å². The first-order valence-electron chi connectivity index (χ1n) is 7.77. The van der Waals surface area contributed by atoms with Gasteiger partial charge >= 0.3 is 6.18 Å². The van der Waals surface area contributed by atoms with E-state index in [1.54, 1.807) is 10.8 Å². The van der Waals surface area contributed by atoms with Crippen molar-refractivity contribution in [2.75, 3.05) is 0 Å². The molecule has 0 amide bonds. The van der Waals surface area contributed by atoms with Gasteiger partial charge in [-0.3, -0.25) is 9.55 Å². The van der Waals surface area contributed by atoms with Crippen molar-refractivity contribution in [1.29, 1.82) is 0 Å². The molecule has 0 aliphatic heterocycles. The highest BCUT2D eigenvalue weighted by molar-refractivity contribution is 5.79. The predicted octanol–water partition coefficient (Wildman–Crippen LogP) is 4.05. The van der Waals surface area contributed by atoms with Crippen molar-refractivity contribution in [2.24, 2.45) is 0 Å². The Morgan fingerprint density at radius 3 is 2.58 bits per heavy atom. The SMILES string of the molecule is CCc1ccc(-n2c(-c3cocn3)nc3cc(C(F)(F)F)cnc32)cn1. The van der Waals surface area contributed by atoms with Crippen LogP contribution in [-0.2, 0) is 12.6 Å². The molecule has 4 aromatic heterocycles. The van der Waals surface area contributed by atoms with E-state index in [1.165, 1.54) is 12.7 Å². The van der Waals surface area contributed by atoms with Gasteiger partial charge in [0.15, 0.2) is 17.9 Å². The lowest BCUT2D eigenvalue weighted by Crippen LogP contribution is -2.06. The molecule has 0 unspecified atom stereocenters. The summed E-state index contributed by atoms with van der Waals surface area (Å²) < 4.78 is 45.6. The number of imidazole rings is 1. The fourth-order valence-electron chi connectivity index (χ4n) is 2.62. The van der Waals surface area contributed by atoms with E-state index >= 15 is 0 Å². The molecule has 0 aliphatic rings. The Hall–Kier alpha value is -3.23. The van der Waals surface area contributed by atoms with Gasteiger partial charge in [0.1, 0.15) is 17.5 Å². The average molecular weight is 359 g/mol. The Bertz CT molecular complexity index is 1050. The molecule has 0 spiro atoms. The van der Waals surface area contributed by atoms with Crippen molar-refractivity contribution >= 4 is 11.2 Å². The van der Waals surface area contributed by atoms with Crippen LogP contribution in [0.1, 0.15) is 18.2 Å². The first-order chi connectivity index (χ1) is 12.5. The predicted molar refractivity (Wildman–Crippen MR) is 86.5 cm³/mol. The summed E-state index contributed by atoms with van der Waals surface area (Å²) in [4.78, 5) is 16.7. The second kappa shape index (κ2) is 5.94. The molecule has 0 aliphatic carbocycles. The lowest BCUT2D eigenvalue weighted by atomic mass is 10.2. The number of nitrogens with zero attached hydrogens (tertiary/aromatic N) is 5. The van der Waals surface area contributed by atoms with Crippen molar-refractivity contribution in [3.63, 3.8) is 0 Å². The van der Waals surface area contributed by atoms with Gasteiger partial charge in [-0.15, -0.1) is 0 Å². The third-order valence-electron chi connectivity index (χ3n) is 3.92. The number of halogens is 3. The second-order valence-corrected chi connectivity index (χ2v) is 5.57.